The number of hydrogen-bond donors (Lipinski definition) is 0. The Balaban J connectivity index is 1.56. The lowest BCUT2D eigenvalue weighted by Crippen LogP contribution is -2.11. The summed E-state index contributed by atoms with van der Waals surface area (Å²) in [7, 11) is 0. The average Bonchev–Trinajstić information content (AvgIpc) is 2.80. The first-order chi connectivity index (χ1) is 14.3. The van der Waals surface area contributed by atoms with Gasteiger partial charge < -0.3 is 0 Å². The molecule has 0 heterocycles. The van der Waals surface area contributed by atoms with Crippen molar-refractivity contribution in [2.75, 3.05) is 0 Å². The number of nitrogens with zero attached hydrogens (tertiary/aromatic N) is 1. The molecule has 0 N–H and O–H groups in total. The Kier molecular flexibility index (Phi) is 5.97. The van der Waals surface area contributed by atoms with E-state index >= 15 is 0 Å². The first-order valence-corrected chi connectivity index (χ1v) is 10.1. The third-order valence-electron chi connectivity index (χ3n) is 5.04. The molecule has 4 aromatic rings. The Morgan fingerprint density at radius 1 is 0.586 bits per heavy atom. The van der Waals surface area contributed by atoms with E-state index in [1.807, 2.05) is 12.1 Å². The van der Waals surface area contributed by atoms with E-state index in [0.29, 0.717) is 0 Å². The Morgan fingerprint density at radius 3 is 1.55 bits per heavy atom. The monoisotopic (exact) mass is 375 g/mol. The number of aliphatic imine (C=N–C) groups is 1. The second kappa shape index (κ2) is 9.16. The van der Waals surface area contributed by atoms with E-state index in [-0.39, 0.29) is 6.04 Å². The van der Waals surface area contributed by atoms with E-state index in [2.05, 4.69) is 110 Å². The molecule has 0 spiro atoms. The highest BCUT2D eigenvalue weighted by Crippen LogP contribution is 2.20. The zero-order valence-corrected chi connectivity index (χ0v) is 16.7. The molecule has 0 aliphatic heterocycles. The molecule has 0 fully saturated rings. The van der Waals surface area contributed by atoms with Crippen LogP contribution < -0.4 is 0 Å². The first-order valence-electron chi connectivity index (χ1n) is 10.1. The van der Waals surface area contributed by atoms with Gasteiger partial charge in [0.15, 0.2) is 0 Å². The molecule has 0 saturated heterocycles. The molecule has 4 aromatic carbocycles. The second-order valence-corrected chi connectivity index (χ2v) is 7.33. The van der Waals surface area contributed by atoms with Gasteiger partial charge in [0.05, 0.1) is 11.8 Å². The van der Waals surface area contributed by atoms with Gasteiger partial charge in [-0.3, -0.25) is 4.99 Å². The lowest BCUT2D eigenvalue weighted by atomic mass is 10.00. The zero-order valence-electron chi connectivity index (χ0n) is 16.7. The van der Waals surface area contributed by atoms with Crippen LogP contribution in [0.15, 0.2) is 120 Å². The van der Waals surface area contributed by atoms with Crippen LogP contribution in [0.2, 0.25) is 0 Å². The summed E-state index contributed by atoms with van der Waals surface area (Å²) in [6.07, 6.45) is 0.915. The molecule has 0 bridgehead atoms. The molecule has 0 aliphatic rings. The largest absolute Gasteiger partial charge is 0.281 e. The molecular weight excluding hydrogens is 350 g/mol. The highest BCUT2D eigenvalue weighted by Gasteiger charge is 2.10. The van der Waals surface area contributed by atoms with Crippen molar-refractivity contribution in [1.82, 2.24) is 0 Å². The standard InChI is InChI=1S/C28H25N/c1-22(21-23-17-19-25(20-18-23)24-11-5-2-6-12-24)29-28(26-13-7-3-8-14-26)27-15-9-4-10-16-27/h2-20,22H,21H2,1H3. The summed E-state index contributed by atoms with van der Waals surface area (Å²) in [6, 6.07) is 40.4. The highest BCUT2D eigenvalue weighted by molar-refractivity contribution is 6.12. The molecule has 0 saturated carbocycles. The van der Waals surface area contributed by atoms with Gasteiger partial charge in [-0.25, -0.2) is 0 Å². The van der Waals surface area contributed by atoms with Crippen LogP contribution in [0.4, 0.5) is 0 Å². The molecule has 0 radical (unpaired) electrons. The fraction of sp³-hybridized carbons (Fsp3) is 0.107. The highest BCUT2D eigenvalue weighted by atomic mass is 14.8. The summed E-state index contributed by atoms with van der Waals surface area (Å²) in [5.74, 6) is 0. The van der Waals surface area contributed by atoms with Gasteiger partial charge in [-0.2, -0.15) is 0 Å². The maximum Gasteiger partial charge on any atom is 0.0722 e. The van der Waals surface area contributed by atoms with Crippen molar-refractivity contribution in [2.45, 2.75) is 19.4 Å². The topological polar surface area (TPSA) is 12.4 Å². The minimum absolute atomic E-state index is 0.188. The van der Waals surface area contributed by atoms with E-state index in [0.717, 1.165) is 23.3 Å². The van der Waals surface area contributed by atoms with Gasteiger partial charge in [0.2, 0.25) is 0 Å². The van der Waals surface area contributed by atoms with Crippen LogP contribution in [0.3, 0.4) is 0 Å². The minimum Gasteiger partial charge on any atom is -0.281 e. The van der Waals surface area contributed by atoms with Gasteiger partial charge in [0, 0.05) is 11.1 Å². The van der Waals surface area contributed by atoms with Crippen molar-refractivity contribution in [3.8, 4) is 11.1 Å². The summed E-state index contributed by atoms with van der Waals surface area (Å²) < 4.78 is 0. The molecule has 1 heteroatoms. The molecule has 0 aliphatic carbocycles. The third kappa shape index (κ3) is 4.89. The van der Waals surface area contributed by atoms with Gasteiger partial charge in [0.25, 0.3) is 0 Å². The van der Waals surface area contributed by atoms with Gasteiger partial charge in [-0.1, -0.05) is 115 Å². The SMILES string of the molecule is CC(Cc1ccc(-c2ccccc2)cc1)N=C(c1ccccc1)c1ccccc1. The predicted molar refractivity (Wildman–Crippen MR) is 124 cm³/mol. The van der Waals surface area contributed by atoms with E-state index in [1.54, 1.807) is 0 Å². The number of hydrogen-bond acceptors (Lipinski definition) is 1. The van der Waals surface area contributed by atoms with Gasteiger partial charge in [0.1, 0.15) is 0 Å². The lowest BCUT2D eigenvalue weighted by Gasteiger charge is -2.13. The van der Waals surface area contributed by atoms with Gasteiger partial charge >= 0.3 is 0 Å². The molecule has 0 aromatic heterocycles. The molecule has 1 nitrogen and oxygen atoms in total. The molecule has 1 atom stereocenters. The van der Waals surface area contributed by atoms with E-state index < -0.39 is 0 Å². The Labute approximate surface area is 173 Å². The Morgan fingerprint density at radius 2 is 1.03 bits per heavy atom. The van der Waals surface area contributed by atoms with Crippen molar-refractivity contribution in [3.63, 3.8) is 0 Å². The quantitative estimate of drug-likeness (QED) is 0.328. The molecule has 142 valence electrons. The summed E-state index contributed by atoms with van der Waals surface area (Å²) >= 11 is 0. The van der Waals surface area contributed by atoms with Crippen LogP contribution in [0.1, 0.15) is 23.6 Å². The summed E-state index contributed by atoms with van der Waals surface area (Å²) in [5, 5.41) is 0. The zero-order chi connectivity index (χ0) is 19.9. The Bertz CT molecular complexity index is 1010. The van der Waals surface area contributed by atoms with Crippen molar-refractivity contribution in [2.24, 2.45) is 4.99 Å². The van der Waals surface area contributed by atoms with Crippen LogP contribution in [0.25, 0.3) is 11.1 Å². The normalized spacial score (nSPS) is 11.6. The lowest BCUT2D eigenvalue weighted by molar-refractivity contribution is 0.741. The van der Waals surface area contributed by atoms with Crippen molar-refractivity contribution in [3.05, 3.63) is 132 Å². The fourth-order valence-corrected chi connectivity index (χ4v) is 3.58. The van der Waals surface area contributed by atoms with Crippen LogP contribution >= 0.6 is 0 Å². The number of rotatable bonds is 6. The van der Waals surface area contributed by atoms with E-state index in [9.17, 15) is 0 Å². The summed E-state index contributed by atoms with van der Waals surface area (Å²) in [5.41, 5.74) is 7.18. The van der Waals surface area contributed by atoms with Gasteiger partial charge in [-0.15, -0.1) is 0 Å². The molecular formula is C28H25N. The number of benzene rings is 4. The molecule has 1 unspecified atom stereocenters. The maximum absolute atomic E-state index is 5.11. The molecule has 4 rings (SSSR count). The van der Waals surface area contributed by atoms with Crippen LogP contribution in [-0.2, 0) is 6.42 Å². The predicted octanol–water partition coefficient (Wildman–Crippen LogP) is 6.82. The van der Waals surface area contributed by atoms with Crippen molar-refractivity contribution >= 4 is 5.71 Å². The maximum atomic E-state index is 5.11. The van der Waals surface area contributed by atoms with E-state index in [4.69, 9.17) is 4.99 Å². The minimum atomic E-state index is 0.188. The second-order valence-electron chi connectivity index (χ2n) is 7.33. The molecule has 0 amide bonds. The van der Waals surface area contributed by atoms with Crippen LogP contribution in [0, 0.1) is 0 Å². The summed E-state index contributed by atoms with van der Waals surface area (Å²) in [4.78, 5) is 5.11. The Hall–Kier alpha value is -3.45. The van der Waals surface area contributed by atoms with Crippen molar-refractivity contribution < 1.29 is 0 Å². The third-order valence-corrected chi connectivity index (χ3v) is 5.04. The summed E-state index contributed by atoms with van der Waals surface area (Å²) in [6.45, 7) is 2.19. The van der Waals surface area contributed by atoms with Crippen LogP contribution in [0.5, 0.6) is 0 Å². The van der Waals surface area contributed by atoms with Crippen LogP contribution in [-0.4, -0.2) is 11.8 Å². The first kappa shape index (κ1) is 18.9. The fourth-order valence-electron chi connectivity index (χ4n) is 3.58. The van der Waals surface area contributed by atoms with Crippen molar-refractivity contribution in [1.29, 1.82) is 0 Å². The van der Waals surface area contributed by atoms with Gasteiger partial charge in [-0.05, 0) is 30.0 Å². The van der Waals surface area contributed by atoms with E-state index in [1.165, 1.54) is 16.7 Å². The average molecular weight is 376 g/mol. The molecule has 29 heavy (non-hydrogen) atoms. The smallest absolute Gasteiger partial charge is 0.0722 e.